The highest BCUT2D eigenvalue weighted by atomic mass is 16.2. The van der Waals surface area contributed by atoms with Gasteiger partial charge >= 0.3 is 0 Å². The van der Waals surface area contributed by atoms with Gasteiger partial charge in [-0.25, -0.2) is 0 Å². The molecule has 1 amide bonds. The van der Waals surface area contributed by atoms with Crippen LogP contribution >= 0.6 is 0 Å². The average molecular weight is 471 g/mol. The lowest BCUT2D eigenvalue weighted by molar-refractivity contribution is -0.116. The lowest BCUT2D eigenvalue weighted by Gasteiger charge is -2.36. The summed E-state index contributed by atoms with van der Waals surface area (Å²) in [5, 5.41) is 6.47. The number of piperazine rings is 1. The van der Waals surface area contributed by atoms with Gasteiger partial charge in [-0.05, 0) is 60.7 Å². The maximum atomic E-state index is 12.9. The SMILES string of the molecule is CCC(C)c1ccccc1NC(=O)C(C)Nc1ccc(N2CCN(Cc3ccccc3)CC2)cc1. The van der Waals surface area contributed by atoms with Crippen LogP contribution in [0, 0.1) is 0 Å². The Morgan fingerprint density at radius 1 is 0.857 bits per heavy atom. The average Bonchev–Trinajstić information content (AvgIpc) is 2.90. The second-order valence-electron chi connectivity index (χ2n) is 9.55. The highest BCUT2D eigenvalue weighted by Gasteiger charge is 2.19. The molecule has 0 spiro atoms. The molecule has 1 aliphatic rings. The molecule has 0 bridgehead atoms. The molecule has 2 atom stereocenters. The monoisotopic (exact) mass is 470 g/mol. The summed E-state index contributed by atoms with van der Waals surface area (Å²) < 4.78 is 0. The lowest BCUT2D eigenvalue weighted by atomic mass is 9.97. The molecule has 3 aromatic rings. The zero-order valence-corrected chi connectivity index (χ0v) is 21.2. The third-order valence-electron chi connectivity index (χ3n) is 6.99. The number of hydrogen-bond donors (Lipinski definition) is 2. The lowest BCUT2D eigenvalue weighted by Crippen LogP contribution is -2.45. The summed E-state index contributed by atoms with van der Waals surface area (Å²) in [4.78, 5) is 17.8. The van der Waals surface area contributed by atoms with Crippen molar-refractivity contribution in [3.05, 3.63) is 90.0 Å². The van der Waals surface area contributed by atoms with Gasteiger partial charge in [-0.15, -0.1) is 0 Å². The van der Waals surface area contributed by atoms with Gasteiger partial charge < -0.3 is 15.5 Å². The van der Waals surface area contributed by atoms with E-state index >= 15 is 0 Å². The van der Waals surface area contributed by atoms with Gasteiger partial charge in [0.25, 0.3) is 0 Å². The Bertz CT molecular complexity index is 1080. The molecule has 5 nitrogen and oxygen atoms in total. The Balaban J connectivity index is 1.28. The van der Waals surface area contributed by atoms with Gasteiger partial charge in [0, 0.05) is 49.8 Å². The minimum atomic E-state index is -0.340. The first kappa shape index (κ1) is 24.8. The molecule has 1 saturated heterocycles. The van der Waals surface area contributed by atoms with E-state index in [1.165, 1.54) is 16.8 Å². The van der Waals surface area contributed by atoms with Crippen molar-refractivity contribution in [1.82, 2.24) is 4.90 Å². The summed E-state index contributed by atoms with van der Waals surface area (Å²) in [6.07, 6.45) is 1.04. The highest BCUT2D eigenvalue weighted by molar-refractivity contribution is 5.97. The largest absolute Gasteiger partial charge is 0.374 e. The van der Waals surface area contributed by atoms with Crippen molar-refractivity contribution in [1.29, 1.82) is 0 Å². The van der Waals surface area contributed by atoms with Crippen molar-refractivity contribution < 1.29 is 4.79 Å². The van der Waals surface area contributed by atoms with Gasteiger partial charge in [0.1, 0.15) is 6.04 Å². The summed E-state index contributed by atoms with van der Waals surface area (Å²) in [7, 11) is 0. The number of para-hydroxylation sites is 1. The third-order valence-corrected chi connectivity index (χ3v) is 6.99. The molecule has 2 N–H and O–H groups in total. The van der Waals surface area contributed by atoms with Crippen molar-refractivity contribution in [3.8, 4) is 0 Å². The first-order valence-corrected chi connectivity index (χ1v) is 12.8. The van der Waals surface area contributed by atoms with Crippen LogP contribution in [0.25, 0.3) is 0 Å². The van der Waals surface area contributed by atoms with Crippen LogP contribution in [0.3, 0.4) is 0 Å². The van der Waals surface area contributed by atoms with E-state index in [4.69, 9.17) is 0 Å². The topological polar surface area (TPSA) is 47.6 Å². The molecule has 5 heteroatoms. The van der Waals surface area contributed by atoms with Crippen LogP contribution in [0.1, 0.15) is 44.2 Å². The Kier molecular flexibility index (Phi) is 8.43. The van der Waals surface area contributed by atoms with Crippen LogP contribution in [0.2, 0.25) is 0 Å². The molecule has 0 aliphatic carbocycles. The van der Waals surface area contributed by atoms with Crippen molar-refractivity contribution in [2.75, 3.05) is 41.7 Å². The van der Waals surface area contributed by atoms with Crippen LogP contribution in [0.15, 0.2) is 78.9 Å². The number of amides is 1. The molecule has 1 fully saturated rings. The van der Waals surface area contributed by atoms with Crippen molar-refractivity contribution in [2.45, 2.75) is 45.7 Å². The van der Waals surface area contributed by atoms with Crippen molar-refractivity contribution in [2.24, 2.45) is 0 Å². The van der Waals surface area contributed by atoms with Gasteiger partial charge in [-0.1, -0.05) is 62.4 Å². The fourth-order valence-electron chi connectivity index (χ4n) is 4.59. The Hall–Kier alpha value is -3.31. The van der Waals surface area contributed by atoms with Crippen LogP contribution in [-0.2, 0) is 11.3 Å². The third kappa shape index (κ3) is 6.64. The molecular formula is C30H38N4O. The smallest absolute Gasteiger partial charge is 0.246 e. The van der Waals surface area contributed by atoms with Crippen molar-refractivity contribution in [3.63, 3.8) is 0 Å². The molecule has 35 heavy (non-hydrogen) atoms. The molecule has 184 valence electrons. The summed E-state index contributed by atoms with van der Waals surface area (Å²) in [5.74, 6) is 0.377. The molecule has 1 aliphatic heterocycles. The number of rotatable bonds is 9. The maximum absolute atomic E-state index is 12.9. The van der Waals surface area contributed by atoms with Gasteiger partial charge in [0.2, 0.25) is 5.91 Å². The number of benzene rings is 3. The zero-order chi connectivity index (χ0) is 24.6. The van der Waals surface area contributed by atoms with Crippen LogP contribution in [0.5, 0.6) is 0 Å². The minimum Gasteiger partial charge on any atom is -0.374 e. The summed E-state index contributed by atoms with van der Waals surface area (Å²) in [5.41, 5.74) is 5.65. The predicted molar refractivity (Wildman–Crippen MR) is 147 cm³/mol. The summed E-state index contributed by atoms with van der Waals surface area (Å²) >= 11 is 0. The van der Waals surface area contributed by atoms with E-state index in [1.54, 1.807) is 0 Å². The molecule has 1 heterocycles. The van der Waals surface area contributed by atoms with E-state index in [0.717, 1.165) is 50.5 Å². The Morgan fingerprint density at radius 3 is 2.20 bits per heavy atom. The zero-order valence-electron chi connectivity index (χ0n) is 21.2. The van der Waals surface area contributed by atoms with E-state index in [0.29, 0.717) is 5.92 Å². The number of carbonyl (C=O) groups is 1. The van der Waals surface area contributed by atoms with E-state index in [1.807, 2.05) is 25.1 Å². The molecular weight excluding hydrogens is 432 g/mol. The van der Waals surface area contributed by atoms with Crippen LogP contribution < -0.4 is 15.5 Å². The maximum Gasteiger partial charge on any atom is 0.246 e. The predicted octanol–water partition coefficient (Wildman–Crippen LogP) is 5.96. The van der Waals surface area contributed by atoms with Gasteiger partial charge in [-0.3, -0.25) is 9.69 Å². The van der Waals surface area contributed by atoms with Crippen LogP contribution in [-0.4, -0.2) is 43.0 Å². The summed E-state index contributed by atoms with van der Waals surface area (Å²) in [6.45, 7) is 11.4. The Morgan fingerprint density at radius 2 is 1.51 bits per heavy atom. The number of anilines is 3. The molecule has 4 rings (SSSR count). The van der Waals surface area contributed by atoms with Gasteiger partial charge in [-0.2, -0.15) is 0 Å². The molecule has 0 aromatic heterocycles. The van der Waals surface area contributed by atoms with Crippen molar-refractivity contribution >= 4 is 23.0 Å². The molecule has 3 aromatic carbocycles. The fraction of sp³-hybridized carbons (Fsp3) is 0.367. The van der Waals surface area contributed by atoms with Crippen LogP contribution in [0.4, 0.5) is 17.1 Å². The minimum absolute atomic E-state index is 0.0284. The number of nitrogens with zero attached hydrogens (tertiary/aromatic N) is 2. The van der Waals surface area contributed by atoms with Gasteiger partial charge in [0.15, 0.2) is 0 Å². The first-order valence-electron chi connectivity index (χ1n) is 12.8. The molecule has 2 unspecified atom stereocenters. The first-order chi connectivity index (χ1) is 17.0. The highest BCUT2D eigenvalue weighted by Crippen LogP contribution is 2.27. The second kappa shape index (κ2) is 11.9. The van der Waals surface area contributed by atoms with E-state index in [9.17, 15) is 4.79 Å². The number of carbonyl (C=O) groups excluding carboxylic acids is 1. The fourth-order valence-corrected chi connectivity index (χ4v) is 4.59. The number of hydrogen-bond acceptors (Lipinski definition) is 4. The number of nitrogens with one attached hydrogen (secondary N) is 2. The van der Waals surface area contributed by atoms with E-state index in [2.05, 4.69) is 94.9 Å². The summed E-state index contributed by atoms with van der Waals surface area (Å²) in [6, 6.07) is 26.9. The Labute approximate surface area is 210 Å². The standard InChI is InChI=1S/C30H38N4O/c1-4-23(2)28-12-8-9-13-29(28)32-30(35)24(3)31-26-14-16-27(17-15-26)34-20-18-33(19-21-34)22-25-10-6-5-7-11-25/h5-17,23-24,31H,4,18-22H2,1-3H3,(H,32,35). The molecule has 0 saturated carbocycles. The quantitative estimate of drug-likeness (QED) is 0.405. The molecule has 0 radical (unpaired) electrons. The van der Waals surface area contributed by atoms with Gasteiger partial charge in [0.05, 0.1) is 0 Å². The normalized spacial score (nSPS) is 15.9. The van der Waals surface area contributed by atoms with E-state index in [-0.39, 0.29) is 11.9 Å². The van der Waals surface area contributed by atoms with E-state index < -0.39 is 0 Å². The second-order valence-corrected chi connectivity index (χ2v) is 9.55.